The second-order valence-corrected chi connectivity index (χ2v) is 4.61. The van der Waals surface area contributed by atoms with Gasteiger partial charge in [-0.2, -0.15) is 13.2 Å². The summed E-state index contributed by atoms with van der Waals surface area (Å²) in [5.74, 6) is -1.32. The standard InChI is InChI=1S/C13H16F3N3O2/c1-7-3-4-9(12(21)18-6-13(14,15)16)5-10(7)19-11(20)8(2)17/h3-5,8H,6,17H2,1-2H3,(H,18,21)(H,19,20)/t8-/m0/s1. The highest BCUT2D eigenvalue weighted by Crippen LogP contribution is 2.18. The number of halogens is 3. The molecular formula is C13H16F3N3O2. The number of aryl methyl sites for hydroxylation is 1. The number of benzene rings is 1. The third-order valence-electron chi connectivity index (χ3n) is 2.62. The molecule has 0 radical (unpaired) electrons. The molecule has 1 aromatic carbocycles. The first kappa shape index (κ1) is 17.0. The summed E-state index contributed by atoms with van der Waals surface area (Å²) < 4.78 is 36.2. The van der Waals surface area contributed by atoms with Crippen molar-refractivity contribution in [2.24, 2.45) is 5.73 Å². The maximum absolute atomic E-state index is 12.1. The summed E-state index contributed by atoms with van der Waals surface area (Å²) in [6.45, 7) is 1.76. The number of nitrogens with two attached hydrogens (primary N) is 1. The quantitative estimate of drug-likeness (QED) is 0.789. The van der Waals surface area contributed by atoms with E-state index in [1.807, 2.05) is 0 Å². The van der Waals surface area contributed by atoms with E-state index in [1.54, 1.807) is 12.2 Å². The minimum Gasteiger partial charge on any atom is -0.343 e. The Morgan fingerprint density at radius 3 is 2.48 bits per heavy atom. The second-order valence-electron chi connectivity index (χ2n) is 4.61. The van der Waals surface area contributed by atoms with Gasteiger partial charge >= 0.3 is 6.18 Å². The van der Waals surface area contributed by atoms with Crippen LogP contribution in [-0.2, 0) is 4.79 Å². The molecule has 0 saturated heterocycles. The molecule has 1 aromatic rings. The molecule has 1 atom stereocenters. The number of amides is 2. The van der Waals surface area contributed by atoms with Gasteiger partial charge in [-0.15, -0.1) is 0 Å². The summed E-state index contributed by atoms with van der Waals surface area (Å²) in [5.41, 5.74) is 6.42. The van der Waals surface area contributed by atoms with E-state index in [0.717, 1.165) is 0 Å². The van der Waals surface area contributed by atoms with Crippen LogP contribution >= 0.6 is 0 Å². The first-order chi connectivity index (χ1) is 9.60. The predicted molar refractivity (Wildman–Crippen MR) is 71.8 cm³/mol. The van der Waals surface area contributed by atoms with Crippen molar-refractivity contribution < 1.29 is 22.8 Å². The van der Waals surface area contributed by atoms with Gasteiger partial charge in [0.15, 0.2) is 0 Å². The van der Waals surface area contributed by atoms with Crippen molar-refractivity contribution in [2.75, 3.05) is 11.9 Å². The highest BCUT2D eigenvalue weighted by Gasteiger charge is 2.28. The van der Waals surface area contributed by atoms with Gasteiger partial charge in [-0.25, -0.2) is 0 Å². The summed E-state index contributed by atoms with van der Waals surface area (Å²) in [6, 6.07) is 3.47. The monoisotopic (exact) mass is 303 g/mol. The van der Waals surface area contributed by atoms with E-state index in [0.29, 0.717) is 11.3 Å². The summed E-state index contributed by atoms with van der Waals surface area (Å²) in [4.78, 5) is 23.1. The van der Waals surface area contributed by atoms with Gasteiger partial charge in [0.25, 0.3) is 5.91 Å². The zero-order valence-corrected chi connectivity index (χ0v) is 11.5. The molecule has 0 aliphatic carbocycles. The first-order valence-electron chi connectivity index (χ1n) is 6.12. The molecule has 0 fully saturated rings. The smallest absolute Gasteiger partial charge is 0.343 e. The molecule has 116 valence electrons. The van der Waals surface area contributed by atoms with Gasteiger partial charge in [0, 0.05) is 11.3 Å². The lowest BCUT2D eigenvalue weighted by Crippen LogP contribution is -2.34. The maximum atomic E-state index is 12.1. The number of hydrogen-bond acceptors (Lipinski definition) is 3. The Hall–Kier alpha value is -2.09. The molecule has 5 nitrogen and oxygen atoms in total. The van der Waals surface area contributed by atoms with Crippen LogP contribution in [-0.4, -0.2) is 30.6 Å². The summed E-state index contributed by atoms with van der Waals surface area (Å²) in [6.07, 6.45) is -4.48. The van der Waals surface area contributed by atoms with Crippen molar-refractivity contribution in [3.8, 4) is 0 Å². The van der Waals surface area contributed by atoms with Crippen LogP contribution in [0.3, 0.4) is 0 Å². The van der Waals surface area contributed by atoms with Gasteiger partial charge in [0.05, 0.1) is 6.04 Å². The molecule has 0 unspecified atom stereocenters. The van der Waals surface area contributed by atoms with Crippen LogP contribution in [0.5, 0.6) is 0 Å². The lowest BCUT2D eigenvalue weighted by Gasteiger charge is -2.13. The first-order valence-corrected chi connectivity index (χ1v) is 6.12. The SMILES string of the molecule is Cc1ccc(C(=O)NCC(F)(F)F)cc1NC(=O)[C@H](C)N. The van der Waals surface area contributed by atoms with Gasteiger partial charge in [0.1, 0.15) is 6.54 Å². The van der Waals surface area contributed by atoms with Crippen molar-refractivity contribution >= 4 is 17.5 Å². The molecule has 1 rings (SSSR count). The third-order valence-corrected chi connectivity index (χ3v) is 2.62. The average molecular weight is 303 g/mol. The molecule has 2 amide bonds. The van der Waals surface area contributed by atoms with Crippen molar-refractivity contribution in [3.63, 3.8) is 0 Å². The third kappa shape index (κ3) is 5.42. The molecule has 0 aromatic heterocycles. The molecule has 21 heavy (non-hydrogen) atoms. The van der Waals surface area contributed by atoms with Crippen LogP contribution in [0.4, 0.5) is 18.9 Å². The topological polar surface area (TPSA) is 84.2 Å². The normalized spacial score (nSPS) is 12.7. The van der Waals surface area contributed by atoms with E-state index in [4.69, 9.17) is 5.73 Å². The van der Waals surface area contributed by atoms with Gasteiger partial charge < -0.3 is 16.4 Å². The number of hydrogen-bond donors (Lipinski definition) is 3. The van der Waals surface area contributed by atoms with Crippen LogP contribution < -0.4 is 16.4 Å². The molecule has 4 N–H and O–H groups in total. The highest BCUT2D eigenvalue weighted by atomic mass is 19.4. The van der Waals surface area contributed by atoms with Gasteiger partial charge in [-0.05, 0) is 31.5 Å². The number of carbonyl (C=O) groups is 2. The fraction of sp³-hybridized carbons (Fsp3) is 0.385. The van der Waals surface area contributed by atoms with Crippen LogP contribution in [0.2, 0.25) is 0 Å². The zero-order valence-electron chi connectivity index (χ0n) is 11.5. The minimum atomic E-state index is -4.48. The molecule has 8 heteroatoms. The lowest BCUT2D eigenvalue weighted by molar-refractivity contribution is -0.123. The van der Waals surface area contributed by atoms with E-state index in [-0.39, 0.29) is 5.56 Å². The summed E-state index contributed by atoms with van der Waals surface area (Å²) >= 11 is 0. The molecular weight excluding hydrogens is 287 g/mol. The fourth-order valence-electron chi connectivity index (χ4n) is 1.43. The van der Waals surface area contributed by atoms with Gasteiger partial charge in [-0.3, -0.25) is 9.59 Å². The molecule has 0 heterocycles. The van der Waals surface area contributed by atoms with Crippen LogP contribution in [0, 0.1) is 6.92 Å². The zero-order chi connectivity index (χ0) is 16.2. The highest BCUT2D eigenvalue weighted by molar-refractivity contribution is 5.99. The van der Waals surface area contributed by atoms with E-state index in [9.17, 15) is 22.8 Å². The Balaban J connectivity index is 2.86. The molecule has 0 saturated carbocycles. The van der Waals surface area contributed by atoms with Gasteiger partial charge in [-0.1, -0.05) is 6.07 Å². The Morgan fingerprint density at radius 1 is 1.33 bits per heavy atom. The van der Waals surface area contributed by atoms with Crippen molar-refractivity contribution in [2.45, 2.75) is 26.1 Å². The molecule has 0 aliphatic rings. The number of rotatable bonds is 4. The molecule has 0 bridgehead atoms. The van der Waals surface area contributed by atoms with Crippen LogP contribution in [0.1, 0.15) is 22.8 Å². The molecule has 0 spiro atoms. The summed E-state index contributed by atoms with van der Waals surface area (Å²) in [7, 11) is 0. The van der Waals surface area contributed by atoms with Crippen molar-refractivity contribution in [1.29, 1.82) is 0 Å². The Kier molecular flexibility index (Phi) is 5.31. The predicted octanol–water partition coefficient (Wildman–Crippen LogP) is 1.57. The number of carbonyl (C=O) groups excluding carboxylic acids is 2. The van der Waals surface area contributed by atoms with Gasteiger partial charge in [0.2, 0.25) is 5.91 Å². The van der Waals surface area contributed by atoms with E-state index in [2.05, 4.69) is 5.32 Å². The van der Waals surface area contributed by atoms with Crippen molar-refractivity contribution in [3.05, 3.63) is 29.3 Å². The summed E-state index contributed by atoms with van der Waals surface area (Å²) in [5, 5.41) is 4.27. The van der Waals surface area contributed by atoms with E-state index >= 15 is 0 Å². The second kappa shape index (κ2) is 6.57. The van der Waals surface area contributed by atoms with E-state index < -0.39 is 30.6 Å². The molecule has 0 aliphatic heterocycles. The van der Waals surface area contributed by atoms with Crippen LogP contribution in [0.25, 0.3) is 0 Å². The van der Waals surface area contributed by atoms with Crippen molar-refractivity contribution in [1.82, 2.24) is 5.32 Å². The number of anilines is 1. The Bertz CT molecular complexity index is 542. The number of alkyl halides is 3. The fourth-order valence-corrected chi connectivity index (χ4v) is 1.43. The largest absolute Gasteiger partial charge is 0.405 e. The van der Waals surface area contributed by atoms with Crippen LogP contribution in [0.15, 0.2) is 18.2 Å². The Labute approximate surface area is 119 Å². The lowest BCUT2D eigenvalue weighted by atomic mass is 10.1. The minimum absolute atomic E-state index is 0.0184. The average Bonchev–Trinajstić information content (AvgIpc) is 2.37. The number of nitrogens with one attached hydrogen (secondary N) is 2. The maximum Gasteiger partial charge on any atom is 0.405 e. The Morgan fingerprint density at radius 2 is 1.95 bits per heavy atom. The van der Waals surface area contributed by atoms with E-state index in [1.165, 1.54) is 25.1 Å².